The van der Waals surface area contributed by atoms with E-state index in [0.29, 0.717) is 5.92 Å². The van der Waals surface area contributed by atoms with Crippen LogP contribution in [0.5, 0.6) is 0 Å². The largest absolute Gasteiger partial charge is 0.449 e. The zero-order valence-electron chi connectivity index (χ0n) is 9.77. The van der Waals surface area contributed by atoms with Crippen LogP contribution in [-0.2, 0) is 9.53 Å². The van der Waals surface area contributed by atoms with Crippen molar-refractivity contribution in [2.24, 2.45) is 5.92 Å². The molecule has 1 aliphatic rings. The average Bonchev–Trinajstić information content (AvgIpc) is 2.85. The summed E-state index contributed by atoms with van der Waals surface area (Å²) in [5.74, 6) is 0.0867. The third-order valence-electron chi connectivity index (χ3n) is 3.48. The molecule has 0 N–H and O–H groups in total. The predicted molar refractivity (Wildman–Crippen MR) is 68.0 cm³/mol. The number of benzene rings is 1. The van der Waals surface area contributed by atoms with Gasteiger partial charge in [0.1, 0.15) is 0 Å². The number of rotatable bonds is 4. The second-order valence-corrected chi connectivity index (χ2v) is 4.72. The molecular weight excluding hydrogens is 236 g/mol. The van der Waals surface area contributed by atoms with Gasteiger partial charge < -0.3 is 4.74 Å². The normalized spacial score (nSPS) is 17.9. The summed E-state index contributed by atoms with van der Waals surface area (Å²) in [7, 11) is 0. The van der Waals surface area contributed by atoms with Crippen LogP contribution in [0.3, 0.4) is 0 Å². The lowest BCUT2D eigenvalue weighted by atomic mass is 9.85. The molecule has 0 unspecified atom stereocenters. The van der Waals surface area contributed by atoms with E-state index in [-0.39, 0.29) is 18.0 Å². The highest BCUT2D eigenvalue weighted by molar-refractivity contribution is 6.17. The van der Waals surface area contributed by atoms with E-state index in [0.717, 1.165) is 18.4 Å². The van der Waals surface area contributed by atoms with Crippen molar-refractivity contribution < 1.29 is 9.53 Å². The lowest BCUT2D eigenvalue weighted by Gasteiger charge is -2.21. The predicted octanol–water partition coefficient (Wildman–Crippen LogP) is 3.70. The van der Waals surface area contributed by atoms with Gasteiger partial charge in [0.05, 0.1) is 5.92 Å². The van der Waals surface area contributed by atoms with E-state index < -0.39 is 0 Å². The van der Waals surface area contributed by atoms with Crippen LogP contribution in [0.1, 0.15) is 37.2 Å². The zero-order chi connectivity index (χ0) is 12.1. The van der Waals surface area contributed by atoms with Crippen LogP contribution in [0.25, 0.3) is 0 Å². The lowest BCUT2D eigenvalue weighted by molar-refractivity contribution is -0.144. The molecule has 1 atom stereocenters. The van der Waals surface area contributed by atoms with E-state index in [9.17, 15) is 4.79 Å². The van der Waals surface area contributed by atoms with Crippen molar-refractivity contribution >= 4 is 17.6 Å². The van der Waals surface area contributed by atoms with Crippen LogP contribution in [-0.4, -0.2) is 12.0 Å². The van der Waals surface area contributed by atoms with Crippen molar-refractivity contribution in [1.82, 2.24) is 0 Å². The highest BCUT2D eigenvalue weighted by atomic mass is 35.5. The summed E-state index contributed by atoms with van der Waals surface area (Å²) in [5.41, 5.74) is 1.05. The molecule has 0 heterocycles. The van der Waals surface area contributed by atoms with Gasteiger partial charge >= 0.3 is 5.97 Å². The SMILES string of the molecule is O=C(OCCl)[C@H](c1ccccc1)C1CCCC1. The number of esters is 1. The van der Waals surface area contributed by atoms with E-state index in [1.54, 1.807) is 0 Å². The highest BCUT2D eigenvalue weighted by Gasteiger charge is 2.32. The molecule has 0 radical (unpaired) electrons. The Bertz CT molecular complexity index is 358. The maximum atomic E-state index is 12.0. The van der Waals surface area contributed by atoms with Crippen LogP contribution in [0, 0.1) is 5.92 Å². The van der Waals surface area contributed by atoms with Gasteiger partial charge in [0, 0.05) is 0 Å². The quantitative estimate of drug-likeness (QED) is 0.603. The zero-order valence-corrected chi connectivity index (χ0v) is 10.5. The molecule has 0 aromatic heterocycles. The fourth-order valence-electron chi connectivity index (χ4n) is 2.70. The van der Waals surface area contributed by atoms with Crippen molar-refractivity contribution in [3.05, 3.63) is 35.9 Å². The smallest absolute Gasteiger partial charge is 0.314 e. The van der Waals surface area contributed by atoms with E-state index in [1.165, 1.54) is 12.8 Å². The molecule has 3 heteroatoms. The molecule has 0 amide bonds. The van der Waals surface area contributed by atoms with Gasteiger partial charge in [0.15, 0.2) is 6.07 Å². The molecule has 1 fully saturated rings. The number of carbonyl (C=O) groups is 1. The first-order chi connectivity index (χ1) is 8.33. The number of ether oxygens (including phenoxy) is 1. The Morgan fingerprint density at radius 1 is 1.29 bits per heavy atom. The highest BCUT2D eigenvalue weighted by Crippen LogP contribution is 2.38. The van der Waals surface area contributed by atoms with Crippen LogP contribution in [0.15, 0.2) is 30.3 Å². The van der Waals surface area contributed by atoms with Gasteiger partial charge in [-0.15, -0.1) is 0 Å². The molecule has 92 valence electrons. The Morgan fingerprint density at radius 2 is 1.94 bits per heavy atom. The molecule has 1 saturated carbocycles. The summed E-state index contributed by atoms with van der Waals surface area (Å²) in [5, 5.41) is 0. The molecule has 0 bridgehead atoms. The van der Waals surface area contributed by atoms with E-state index in [4.69, 9.17) is 16.3 Å². The minimum absolute atomic E-state index is 0.0606. The Balaban J connectivity index is 2.20. The van der Waals surface area contributed by atoms with Crippen molar-refractivity contribution in [3.8, 4) is 0 Å². The molecule has 17 heavy (non-hydrogen) atoms. The monoisotopic (exact) mass is 252 g/mol. The molecule has 2 rings (SSSR count). The summed E-state index contributed by atoms with van der Waals surface area (Å²) < 4.78 is 5.00. The third kappa shape index (κ3) is 3.01. The summed E-state index contributed by atoms with van der Waals surface area (Å²) in [6, 6.07) is 9.82. The first kappa shape index (κ1) is 12.4. The number of carbonyl (C=O) groups excluding carboxylic acids is 1. The molecule has 0 aliphatic heterocycles. The van der Waals surface area contributed by atoms with Gasteiger partial charge in [-0.3, -0.25) is 4.79 Å². The van der Waals surface area contributed by atoms with Crippen LogP contribution >= 0.6 is 11.6 Å². The van der Waals surface area contributed by atoms with Gasteiger partial charge in [-0.05, 0) is 24.3 Å². The first-order valence-electron chi connectivity index (χ1n) is 6.10. The first-order valence-corrected chi connectivity index (χ1v) is 6.64. The fourth-order valence-corrected chi connectivity index (χ4v) is 2.80. The molecule has 2 nitrogen and oxygen atoms in total. The van der Waals surface area contributed by atoms with Crippen molar-refractivity contribution in [2.45, 2.75) is 31.6 Å². The number of hydrogen-bond acceptors (Lipinski definition) is 2. The maximum absolute atomic E-state index is 12.0. The van der Waals surface area contributed by atoms with Crippen molar-refractivity contribution in [1.29, 1.82) is 0 Å². The molecule has 0 spiro atoms. The summed E-state index contributed by atoms with van der Waals surface area (Å²) in [4.78, 5) is 12.0. The van der Waals surface area contributed by atoms with Gasteiger partial charge in [-0.1, -0.05) is 54.8 Å². The lowest BCUT2D eigenvalue weighted by Crippen LogP contribution is -2.22. The van der Waals surface area contributed by atoms with Gasteiger partial charge in [-0.2, -0.15) is 0 Å². The van der Waals surface area contributed by atoms with Crippen molar-refractivity contribution in [2.75, 3.05) is 6.07 Å². The number of alkyl halides is 1. The van der Waals surface area contributed by atoms with Gasteiger partial charge in [0.25, 0.3) is 0 Å². The van der Waals surface area contributed by atoms with Crippen LogP contribution < -0.4 is 0 Å². The maximum Gasteiger partial charge on any atom is 0.314 e. The second-order valence-electron chi connectivity index (χ2n) is 4.51. The fraction of sp³-hybridized carbons (Fsp3) is 0.500. The molecule has 1 aromatic carbocycles. The van der Waals surface area contributed by atoms with Gasteiger partial charge in [0.2, 0.25) is 0 Å². The second kappa shape index (κ2) is 6.06. The topological polar surface area (TPSA) is 26.3 Å². The van der Waals surface area contributed by atoms with E-state index in [1.807, 2.05) is 30.3 Å². The molecular formula is C14H17ClO2. The summed E-state index contributed by atoms with van der Waals surface area (Å²) in [6.45, 7) is 0. The van der Waals surface area contributed by atoms with Crippen LogP contribution in [0.2, 0.25) is 0 Å². The number of hydrogen-bond donors (Lipinski definition) is 0. The Kier molecular flexibility index (Phi) is 4.43. The number of halogens is 1. The minimum Gasteiger partial charge on any atom is -0.449 e. The Labute approximate surface area is 107 Å². The Hall–Kier alpha value is -1.02. The third-order valence-corrected chi connectivity index (χ3v) is 3.59. The summed E-state index contributed by atoms with van der Waals surface area (Å²) >= 11 is 5.49. The average molecular weight is 253 g/mol. The van der Waals surface area contributed by atoms with Crippen molar-refractivity contribution in [3.63, 3.8) is 0 Å². The Morgan fingerprint density at radius 3 is 2.53 bits per heavy atom. The molecule has 0 saturated heterocycles. The van der Waals surface area contributed by atoms with Gasteiger partial charge in [-0.25, -0.2) is 0 Å². The molecule has 1 aliphatic carbocycles. The standard InChI is InChI=1S/C14H17ClO2/c15-10-17-14(16)13(12-8-4-5-9-12)11-6-2-1-3-7-11/h1-3,6-7,12-13H,4-5,8-10H2/t13-/m1/s1. The summed E-state index contributed by atoms with van der Waals surface area (Å²) in [6.07, 6.45) is 4.64. The van der Waals surface area contributed by atoms with Crippen LogP contribution in [0.4, 0.5) is 0 Å². The van der Waals surface area contributed by atoms with E-state index >= 15 is 0 Å². The minimum atomic E-state index is -0.182. The van der Waals surface area contributed by atoms with E-state index in [2.05, 4.69) is 0 Å². The molecule has 1 aromatic rings.